The third-order valence-electron chi connectivity index (χ3n) is 4.66. The number of carbonyl (C=O) groups excluding carboxylic acids is 2. The molecule has 2 aromatic rings. The molecule has 1 aromatic carbocycles. The average molecular weight is 353 g/mol. The maximum Gasteiger partial charge on any atom is 0.273 e. The zero-order valence-electron chi connectivity index (χ0n) is 14.9. The zero-order valence-corrected chi connectivity index (χ0v) is 14.9. The van der Waals surface area contributed by atoms with Crippen molar-refractivity contribution in [1.29, 1.82) is 0 Å². The van der Waals surface area contributed by atoms with Crippen molar-refractivity contribution in [2.45, 2.75) is 57.5 Å². The molecule has 0 saturated heterocycles. The fraction of sp³-hybridized carbons (Fsp3) is 0.474. The molecule has 0 radical (unpaired) electrons. The van der Waals surface area contributed by atoms with Gasteiger partial charge in [0.05, 0.1) is 11.4 Å². The topological polar surface area (TPSA) is 88.9 Å². The third-order valence-corrected chi connectivity index (χ3v) is 4.66. The van der Waals surface area contributed by atoms with Gasteiger partial charge >= 0.3 is 0 Å². The number of benzene rings is 1. The highest BCUT2D eigenvalue weighted by atomic mass is 16.2. The van der Waals surface area contributed by atoms with Gasteiger partial charge < -0.3 is 10.6 Å². The quantitative estimate of drug-likeness (QED) is 0.797. The van der Waals surface area contributed by atoms with Gasteiger partial charge in [-0.25, -0.2) is 4.68 Å². The van der Waals surface area contributed by atoms with Crippen LogP contribution in [0, 0.1) is 0 Å². The normalized spacial score (nSPS) is 16.3. The molecule has 136 valence electrons. The van der Waals surface area contributed by atoms with Crippen molar-refractivity contribution in [3.05, 3.63) is 41.2 Å². The van der Waals surface area contributed by atoms with E-state index in [0.717, 1.165) is 43.5 Å². The summed E-state index contributed by atoms with van der Waals surface area (Å²) in [5.41, 5.74) is 2.63. The smallest absolute Gasteiger partial charge is 0.273 e. The van der Waals surface area contributed by atoms with E-state index in [1.165, 1.54) is 0 Å². The van der Waals surface area contributed by atoms with E-state index >= 15 is 0 Å². The summed E-state index contributed by atoms with van der Waals surface area (Å²) in [6.07, 6.45) is 5.80. The van der Waals surface area contributed by atoms with Crippen molar-refractivity contribution < 1.29 is 9.59 Å². The Labute approximate surface area is 152 Å². The maximum absolute atomic E-state index is 12.4. The summed E-state index contributed by atoms with van der Waals surface area (Å²) in [6.45, 7) is 2.06. The minimum Gasteiger partial charge on any atom is -0.349 e. The maximum atomic E-state index is 12.4. The highest BCUT2D eigenvalue weighted by Crippen LogP contribution is 2.22. The molecule has 1 heterocycles. The number of hydrogen-bond acceptors (Lipinski definition) is 4. The number of aromatic nitrogens is 3. The lowest BCUT2D eigenvalue weighted by molar-refractivity contribution is 0.0939. The lowest BCUT2D eigenvalue weighted by atomic mass is 10.1. The van der Waals surface area contributed by atoms with Crippen molar-refractivity contribution in [2.75, 3.05) is 0 Å². The van der Waals surface area contributed by atoms with E-state index in [1.54, 1.807) is 16.8 Å². The summed E-state index contributed by atoms with van der Waals surface area (Å²) in [4.78, 5) is 24.5. The first-order valence-corrected chi connectivity index (χ1v) is 9.32. The van der Waals surface area contributed by atoms with E-state index in [2.05, 4.69) is 27.9 Å². The van der Waals surface area contributed by atoms with Crippen LogP contribution in [0.2, 0.25) is 0 Å². The van der Waals surface area contributed by atoms with Crippen LogP contribution in [0.3, 0.4) is 0 Å². The van der Waals surface area contributed by atoms with Crippen LogP contribution in [0.15, 0.2) is 24.3 Å². The molecule has 0 spiro atoms. The summed E-state index contributed by atoms with van der Waals surface area (Å²) in [5, 5.41) is 14.3. The van der Waals surface area contributed by atoms with Crippen LogP contribution in [0.5, 0.6) is 0 Å². The van der Waals surface area contributed by atoms with Crippen LogP contribution < -0.4 is 10.6 Å². The largest absolute Gasteiger partial charge is 0.349 e. The summed E-state index contributed by atoms with van der Waals surface area (Å²) in [5.74, 6) is -0.196. The second-order valence-corrected chi connectivity index (χ2v) is 7.09. The van der Waals surface area contributed by atoms with E-state index in [9.17, 15) is 9.59 Å². The molecule has 2 fully saturated rings. The fourth-order valence-corrected chi connectivity index (χ4v) is 2.88. The molecule has 0 aliphatic heterocycles. The SMILES string of the molecule is CCCc1c(C(=O)NC2CC2)nnn1-c1ccc(C(=O)NC2CC2)cc1. The van der Waals surface area contributed by atoms with E-state index in [0.29, 0.717) is 23.7 Å². The molecular weight excluding hydrogens is 330 g/mol. The van der Waals surface area contributed by atoms with Crippen LogP contribution in [0.4, 0.5) is 0 Å². The van der Waals surface area contributed by atoms with Crippen molar-refractivity contribution >= 4 is 11.8 Å². The molecule has 0 atom stereocenters. The Morgan fingerprint density at radius 1 is 1.04 bits per heavy atom. The van der Waals surface area contributed by atoms with E-state index in [1.807, 2.05) is 12.1 Å². The van der Waals surface area contributed by atoms with Gasteiger partial charge in [-0.05, 0) is 56.4 Å². The molecule has 7 heteroatoms. The van der Waals surface area contributed by atoms with Crippen molar-refractivity contribution in [3.8, 4) is 5.69 Å². The molecule has 0 unspecified atom stereocenters. The summed E-state index contributed by atoms with van der Waals surface area (Å²) in [6, 6.07) is 7.88. The highest BCUT2D eigenvalue weighted by molar-refractivity contribution is 5.95. The molecule has 2 amide bonds. The fourth-order valence-electron chi connectivity index (χ4n) is 2.88. The summed E-state index contributed by atoms with van der Waals surface area (Å²) in [7, 11) is 0. The van der Waals surface area contributed by atoms with Gasteiger partial charge in [-0.15, -0.1) is 5.10 Å². The Morgan fingerprint density at radius 3 is 2.23 bits per heavy atom. The first-order valence-electron chi connectivity index (χ1n) is 9.32. The molecule has 4 rings (SSSR count). The van der Waals surface area contributed by atoms with Crippen molar-refractivity contribution in [3.63, 3.8) is 0 Å². The van der Waals surface area contributed by atoms with Crippen LogP contribution in [-0.4, -0.2) is 38.9 Å². The van der Waals surface area contributed by atoms with Gasteiger partial charge in [0.25, 0.3) is 11.8 Å². The molecule has 2 N–H and O–H groups in total. The number of amides is 2. The van der Waals surface area contributed by atoms with Gasteiger partial charge in [0.2, 0.25) is 0 Å². The first kappa shape index (κ1) is 16.8. The number of hydrogen-bond donors (Lipinski definition) is 2. The lowest BCUT2D eigenvalue weighted by Gasteiger charge is -2.09. The molecule has 0 bridgehead atoms. The third kappa shape index (κ3) is 3.61. The molecule has 2 saturated carbocycles. The minimum atomic E-state index is -0.150. The summed E-state index contributed by atoms with van der Waals surface area (Å²) >= 11 is 0. The Hall–Kier alpha value is -2.70. The molecule has 2 aliphatic rings. The summed E-state index contributed by atoms with van der Waals surface area (Å²) < 4.78 is 1.70. The number of nitrogens with zero attached hydrogens (tertiary/aromatic N) is 3. The standard InChI is InChI=1S/C19H23N5O2/c1-2-3-16-17(19(26)21-14-8-9-14)22-23-24(16)15-10-4-12(5-11-15)18(25)20-13-6-7-13/h4-5,10-11,13-14H,2-3,6-9H2,1H3,(H,20,25)(H,21,26). The van der Waals surface area contributed by atoms with E-state index in [-0.39, 0.29) is 17.9 Å². The van der Waals surface area contributed by atoms with Gasteiger partial charge in [-0.3, -0.25) is 9.59 Å². The minimum absolute atomic E-state index is 0.0454. The van der Waals surface area contributed by atoms with E-state index in [4.69, 9.17) is 0 Å². The monoisotopic (exact) mass is 353 g/mol. The van der Waals surface area contributed by atoms with Crippen LogP contribution >= 0.6 is 0 Å². The Kier molecular flexibility index (Phi) is 4.44. The number of nitrogens with one attached hydrogen (secondary N) is 2. The Morgan fingerprint density at radius 2 is 1.65 bits per heavy atom. The van der Waals surface area contributed by atoms with E-state index < -0.39 is 0 Å². The second kappa shape index (κ2) is 6.90. The lowest BCUT2D eigenvalue weighted by Crippen LogP contribution is -2.27. The molecule has 26 heavy (non-hydrogen) atoms. The number of rotatable bonds is 7. The van der Waals surface area contributed by atoms with Gasteiger partial charge in [-0.1, -0.05) is 18.6 Å². The molecule has 1 aromatic heterocycles. The van der Waals surface area contributed by atoms with Crippen LogP contribution in [0.1, 0.15) is 65.6 Å². The predicted octanol–water partition coefficient (Wildman–Crippen LogP) is 2.00. The Balaban J connectivity index is 1.56. The Bertz CT molecular complexity index is 819. The van der Waals surface area contributed by atoms with Crippen LogP contribution in [0.25, 0.3) is 5.69 Å². The second-order valence-electron chi connectivity index (χ2n) is 7.09. The molecule has 7 nitrogen and oxygen atoms in total. The number of carbonyl (C=O) groups is 2. The highest BCUT2D eigenvalue weighted by Gasteiger charge is 2.27. The van der Waals surface area contributed by atoms with Gasteiger partial charge in [0.15, 0.2) is 5.69 Å². The first-order chi connectivity index (χ1) is 12.7. The van der Waals surface area contributed by atoms with Crippen LogP contribution in [-0.2, 0) is 6.42 Å². The van der Waals surface area contributed by atoms with Crippen molar-refractivity contribution in [1.82, 2.24) is 25.6 Å². The van der Waals surface area contributed by atoms with Crippen molar-refractivity contribution in [2.24, 2.45) is 0 Å². The zero-order chi connectivity index (χ0) is 18.1. The average Bonchev–Trinajstić information content (AvgIpc) is 3.57. The molecular formula is C19H23N5O2. The van der Waals surface area contributed by atoms with Gasteiger partial charge in [-0.2, -0.15) is 0 Å². The molecule has 2 aliphatic carbocycles. The van der Waals surface area contributed by atoms with Gasteiger partial charge in [0, 0.05) is 17.6 Å². The predicted molar refractivity (Wildman–Crippen MR) is 96.3 cm³/mol. The van der Waals surface area contributed by atoms with Gasteiger partial charge in [0.1, 0.15) is 0 Å².